The van der Waals surface area contributed by atoms with Crippen LogP contribution >= 0.6 is 31.9 Å². The number of benzene rings is 1. The first-order valence-electron chi connectivity index (χ1n) is 6.06. The number of hydrogen-bond donors (Lipinski definition) is 1. The molecule has 1 aromatic carbocycles. The van der Waals surface area contributed by atoms with Crippen molar-refractivity contribution in [1.82, 2.24) is 5.32 Å². The molecule has 1 atom stereocenters. The van der Waals surface area contributed by atoms with Gasteiger partial charge in [0.2, 0.25) is 0 Å². The summed E-state index contributed by atoms with van der Waals surface area (Å²) in [5, 5.41) is 3.29. The number of hydrogen-bond acceptors (Lipinski definition) is 3. The summed E-state index contributed by atoms with van der Waals surface area (Å²) in [5.41, 5.74) is 2.35. The number of fused-ring (bicyclic) bond motifs is 1. The maximum Gasteiger partial charge on any atom is 0.169 e. The third kappa shape index (κ3) is 2.47. The van der Waals surface area contributed by atoms with E-state index < -0.39 is 0 Å². The van der Waals surface area contributed by atoms with Crippen LogP contribution in [0.5, 0.6) is 5.75 Å². The van der Waals surface area contributed by atoms with Crippen LogP contribution in [0.4, 0.5) is 0 Å². The Morgan fingerprint density at radius 3 is 2.79 bits per heavy atom. The second-order valence-corrected chi connectivity index (χ2v) is 6.14. The smallest absolute Gasteiger partial charge is 0.169 e. The summed E-state index contributed by atoms with van der Waals surface area (Å²) in [6.45, 7) is 0.747. The van der Waals surface area contributed by atoms with Gasteiger partial charge in [-0.1, -0.05) is 15.9 Å². The molecule has 0 saturated heterocycles. The molecule has 0 bridgehead atoms. The van der Waals surface area contributed by atoms with Crippen LogP contribution in [0.15, 0.2) is 37.8 Å². The van der Waals surface area contributed by atoms with Crippen molar-refractivity contribution in [2.24, 2.45) is 0 Å². The van der Waals surface area contributed by atoms with E-state index >= 15 is 0 Å². The second-order valence-electron chi connectivity index (χ2n) is 4.45. The lowest BCUT2D eigenvalue weighted by atomic mass is 10.0. The van der Waals surface area contributed by atoms with Crippen molar-refractivity contribution >= 4 is 31.9 Å². The van der Waals surface area contributed by atoms with E-state index in [-0.39, 0.29) is 6.04 Å². The molecule has 2 aromatic rings. The molecule has 0 aliphatic carbocycles. The lowest BCUT2D eigenvalue weighted by molar-refractivity contribution is 0.347. The van der Waals surface area contributed by atoms with Crippen molar-refractivity contribution < 1.29 is 9.15 Å². The van der Waals surface area contributed by atoms with Gasteiger partial charge in [0.25, 0.3) is 0 Å². The van der Waals surface area contributed by atoms with Crippen molar-refractivity contribution in [2.75, 3.05) is 13.7 Å². The molecule has 3 nitrogen and oxygen atoms in total. The standard InChI is InChI=1S/C14H13Br2NO2/c1-17-13(11-2-3-12(16)19-11)10-7-9(15)6-8-4-5-18-14(8)10/h2-3,6-7,13,17H,4-5H2,1H3. The quantitative estimate of drug-likeness (QED) is 0.864. The van der Waals surface area contributed by atoms with Crippen LogP contribution in [0.25, 0.3) is 0 Å². The molecule has 0 amide bonds. The van der Waals surface area contributed by atoms with Crippen molar-refractivity contribution in [3.05, 3.63) is 50.3 Å². The SMILES string of the molecule is CNC(c1ccc(Br)o1)c1cc(Br)cc2c1OCC2. The van der Waals surface area contributed by atoms with Crippen LogP contribution in [-0.4, -0.2) is 13.7 Å². The molecule has 3 rings (SSSR count). The maximum absolute atomic E-state index is 5.78. The van der Waals surface area contributed by atoms with E-state index in [2.05, 4.69) is 49.3 Å². The molecule has 100 valence electrons. The minimum Gasteiger partial charge on any atom is -0.493 e. The van der Waals surface area contributed by atoms with Crippen molar-refractivity contribution in [3.63, 3.8) is 0 Å². The highest BCUT2D eigenvalue weighted by molar-refractivity contribution is 9.10. The fourth-order valence-corrected chi connectivity index (χ4v) is 3.29. The van der Waals surface area contributed by atoms with Crippen LogP contribution in [0.2, 0.25) is 0 Å². The lowest BCUT2D eigenvalue weighted by Gasteiger charge is -2.17. The number of ether oxygens (including phenoxy) is 1. The minimum absolute atomic E-state index is 0.0179. The average Bonchev–Trinajstić information content (AvgIpc) is 2.99. The predicted octanol–water partition coefficient (Wildman–Crippen LogP) is 4.05. The molecular formula is C14H13Br2NO2. The Bertz CT molecular complexity index is 609. The summed E-state index contributed by atoms with van der Waals surface area (Å²) in [4.78, 5) is 0. The van der Waals surface area contributed by atoms with Crippen molar-refractivity contribution in [3.8, 4) is 5.75 Å². The molecule has 2 heterocycles. The minimum atomic E-state index is -0.0179. The molecule has 0 radical (unpaired) electrons. The van der Waals surface area contributed by atoms with Crippen LogP contribution in [0, 0.1) is 0 Å². The lowest BCUT2D eigenvalue weighted by Crippen LogP contribution is -2.17. The van der Waals surface area contributed by atoms with E-state index in [4.69, 9.17) is 9.15 Å². The highest BCUT2D eigenvalue weighted by atomic mass is 79.9. The third-order valence-corrected chi connectivity index (χ3v) is 4.14. The Labute approximate surface area is 128 Å². The van der Waals surface area contributed by atoms with Gasteiger partial charge in [-0.25, -0.2) is 0 Å². The summed E-state index contributed by atoms with van der Waals surface area (Å²) in [5.74, 6) is 1.85. The molecule has 0 spiro atoms. The number of rotatable bonds is 3. The summed E-state index contributed by atoms with van der Waals surface area (Å²) in [6, 6.07) is 8.06. The zero-order valence-corrected chi connectivity index (χ0v) is 13.5. The molecule has 1 unspecified atom stereocenters. The van der Waals surface area contributed by atoms with Gasteiger partial charge in [-0.2, -0.15) is 0 Å². The first kappa shape index (κ1) is 13.2. The molecule has 5 heteroatoms. The van der Waals surface area contributed by atoms with E-state index in [0.717, 1.165) is 39.2 Å². The van der Waals surface area contributed by atoms with Gasteiger partial charge in [-0.3, -0.25) is 0 Å². The van der Waals surface area contributed by atoms with Gasteiger partial charge in [0.05, 0.1) is 12.6 Å². The van der Waals surface area contributed by atoms with Gasteiger partial charge < -0.3 is 14.5 Å². The molecule has 1 N–H and O–H groups in total. The molecular weight excluding hydrogens is 374 g/mol. The number of nitrogens with one attached hydrogen (secondary N) is 1. The topological polar surface area (TPSA) is 34.4 Å². The highest BCUT2D eigenvalue weighted by Crippen LogP contribution is 2.39. The molecule has 0 fully saturated rings. The van der Waals surface area contributed by atoms with Gasteiger partial charge in [-0.15, -0.1) is 0 Å². The van der Waals surface area contributed by atoms with Gasteiger partial charge in [-0.05, 0) is 52.8 Å². The number of halogens is 2. The predicted molar refractivity (Wildman–Crippen MR) is 80.7 cm³/mol. The van der Waals surface area contributed by atoms with Crippen LogP contribution < -0.4 is 10.1 Å². The Morgan fingerprint density at radius 1 is 1.26 bits per heavy atom. The second kappa shape index (κ2) is 5.31. The summed E-state index contributed by atoms with van der Waals surface area (Å²) in [7, 11) is 1.92. The Balaban J connectivity index is 2.09. The van der Waals surface area contributed by atoms with Crippen LogP contribution in [-0.2, 0) is 6.42 Å². The fraction of sp³-hybridized carbons (Fsp3) is 0.286. The van der Waals surface area contributed by atoms with E-state index in [0.29, 0.717) is 0 Å². The van der Waals surface area contributed by atoms with Gasteiger partial charge in [0, 0.05) is 16.5 Å². The number of furan rings is 1. The monoisotopic (exact) mass is 385 g/mol. The Kier molecular flexibility index (Phi) is 3.69. The van der Waals surface area contributed by atoms with Crippen molar-refractivity contribution in [1.29, 1.82) is 0 Å². The summed E-state index contributed by atoms with van der Waals surface area (Å²) in [6.07, 6.45) is 0.958. The normalized spacial score (nSPS) is 15.1. The first-order chi connectivity index (χ1) is 9.19. The Hall–Kier alpha value is -0.780. The van der Waals surface area contributed by atoms with Gasteiger partial charge in [0.1, 0.15) is 11.5 Å². The van der Waals surface area contributed by atoms with Crippen LogP contribution in [0.3, 0.4) is 0 Å². The first-order valence-corrected chi connectivity index (χ1v) is 7.65. The molecule has 1 aliphatic heterocycles. The van der Waals surface area contributed by atoms with E-state index in [1.165, 1.54) is 5.56 Å². The van der Waals surface area contributed by atoms with Gasteiger partial charge in [0.15, 0.2) is 4.67 Å². The summed E-state index contributed by atoms with van der Waals surface area (Å²) >= 11 is 6.91. The molecule has 1 aliphatic rings. The maximum atomic E-state index is 5.78. The van der Waals surface area contributed by atoms with Crippen LogP contribution in [0.1, 0.15) is 22.9 Å². The molecule has 19 heavy (non-hydrogen) atoms. The zero-order chi connectivity index (χ0) is 13.4. The van der Waals surface area contributed by atoms with Gasteiger partial charge >= 0.3 is 0 Å². The van der Waals surface area contributed by atoms with E-state index in [1.807, 2.05) is 19.2 Å². The molecule has 1 aromatic heterocycles. The van der Waals surface area contributed by atoms with E-state index in [9.17, 15) is 0 Å². The zero-order valence-electron chi connectivity index (χ0n) is 10.4. The Morgan fingerprint density at radius 2 is 2.11 bits per heavy atom. The largest absolute Gasteiger partial charge is 0.493 e. The highest BCUT2D eigenvalue weighted by Gasteiger charge is 2.25. The molecule has 0 saturated carbocycles. The summed E-state index contributed by atoms with van der Waals surface area (Å²) < 4.78 is 13.3. The van der Waals surface area contributed by atoms with Crippen molar-refractivity contribution in [2.45, 2.75) is 12.5 Å². The fourth-order valence-electron chi connectivity index (χ4n) is 2.45. The average molecular weight is 387 g/mol. The van der Waals surface area contributed by atoms with E-state index in [1.54, 1.807) is 0 Å². The third-order valence-electron chi connectivity index (χ3n) is 3.26.